The van der Waals surface area contributed by atoms with Crippen molar-refractivity contribution in [2.24, 2.45) is 0 Å². The van der Waals surface area contributed by atoms with Crippen molar-refractivity contribution in [3.63, 3.8) is 0 Å². The predicted octanol–water partition coefficient (Wildman–Crippen LogP) is 3.09. The van der Waals surface area contributed by atoms with Crippen molar-refractivity contribution >= 4 is 35.2 Å². The number of nitrogens with zero attached hydrogens (tertiary/aromatic N) is 3. The number of carbonyl (C=O) groups is 1. The molecule has 0 bridgehead atoms. The summed E-state index contributed by atoms with van der Waals surface area (Å²) in [6.45, 7) is 2.13. The molecule has 0 aliphatic heterocycles. The second-order valence-corrected chi connectivity index (χ2v) is 5.31. The van der Waals surface area contributed by atoms with Crippen LogP contribution in [0.2, 0.25) is 10.0 Å². The summed E-state index contributed by atoms with van der Waals surface area (Å²) in [5.41, 5.74) is 0.622. The number of aromatic amines is 1. The largest absolute Gasteiger partial charge is 0.335 e. The number of hydrogen-bond acceptors (Lipinski definition) is 3. The van der Waals surface area contributed by atoms with Gasteiger partial charge in [-0.15, -0.1) is 0 Å². The van der Waals surface area contributed by atoms with Crippen LogP contribution in [-0.4, -0.2) is 33.0 Å². The number of hydrogen-bond donors (Lipinski definition) is 1. The Labute approximate surface area is 132 Å². The van der Waals surface area contributed by atoms with Crippen molar-refractivity contribution < 1.29 is 4.79 Å². The van der Waals surface area contributed by atoms with Crippen molar-refractivity contribution in [1.29, 1.82) is 0 Å². The standard InChI is InChI=1S/C14H14Cl2N4O/c1-9-17-13(19-18-9)8-20(2)14(21)7-6-10-11(15)4-3-5-12(10)16/h3-7H,8H2,1-2H3,(H,17,18,19). The van der Waals surface area contributed by atoms with E-state index in [1.807, 2.05) is 0 Å². The number of nitrogens with one attached hydrogen (secondary N) is 1. The molecule has 110 valence electrons. The zero-order chi connectivity index (χ0) is 15.4. The fraction of sp³-hybridized carbons (Fsp3) is 0.214. The molecule has 0 saturated carbocycles. The Balaban J connectivity index is 2.05. The Kier molecular flexibility index (Phi) is 4.98. The van der Waals surface area contributed by atoms with E-state index in [1.54, 1.807) is 38.2 Å². The summed E-state index contributed by atoms with van der Waals surface area (Å²) in [6.07, 6.45) is 3.03. The highest BCUT2D eigenvalue weighted by Crippen LogP contribution is 2.25. The molecule has 0 atom stereocenters. The Bertz CT molecular complexity index is 661. The average Bonchev–Trinajstić information content (AvgIpc) is 2.83. The van der Waals surface area contributed by atoms with Gasteiger partial charge >= 0.3 is 0 Å². The molecule has 5 nitrogen and oxygen atoms in total. The molecular formula is C14H14Cl2N4O. The molecule has 0 unspecified atom stereocenters. The lowest BCUT2D eigenvalue weighted by Crippen LogP contribution is -2.24. The molecule has 2 aromatic rings. The van der Waals surface area contributed by atoms with Gasteiger partial charge in [0.1, 0.15) is 5.82 Å². The van der Waals surface area contributed by atoms with E-state index in [0.29, 0.717) is 33.8 Å². The van der Waals surface area contributed by atoms with Gasteiger partial charge in [0, 0.05) is 28.7 Å². The summed E-state index contributed by atoms with van der Waals surface area (Å²) in [6, 6.07) is 5.19. The maximum absolute atomic E-state index is 12.0. The molecule has 0 saturated heterocycles. The van der Waals surface area contributed by atoms with Crippen molar-refractivity contribution in [3.8, 4) is 0 Å². The molecule has 7 heteroatoms. The zero-order valence-electron chi connectivity index (χ0n) is 11.6. The summed E-state index contributed by atoms with van der Waals surface area (Å²) in [7, 11) is 1.67. The Hall–Kier alpha value is -1.85. The van der Waals surface area contributed by atoms with Gasteiger partial charge < -0.3 is 4.90 Å². The molecule has 0 radical (unpaired) electrons. The number of H-pyrrole nitrogens is 1. The quantitative estimate of drug-likeness (QED) is 0.879. The highest BCUT2D eigenvalue weighted by molar-refractivity contribution is 6.37. The first kappa shape index (κ1) is 15.5. The Morgan fingerprint density at radius 2 is 2.05 bits per heavy atom. The predicted molar refractivity (Wildman–Crippen MR) is 83.1 cm³/mol. The van der Waals surface area contributed by atoms with Crippen LogP contribution >= 0.6 is 23.2 Å². The third-order valence-electron chi connectivity index (χ3n) is 2.79. The van der Waals surface area contributed by atoms with Crippen LogP contribution in [0.15, 0.2) is 24.3 Å². The Morgan fingerprint density at radius 3 is 2.62 bits per heavy atom. The first-order chi connectivity index (χ1) is 9.97. The lowest BCUT2D eigenvalue weighted by molar-refractivity contribution is -0.125. The van der Waals surface area contributed by atoms with Crippen LogP contribution in [0, 0.1) is 6.92 Å². The molecule has 1 aromatic heterocycles. The summed E-state index contributed by atoms with van der Waals surface area (Å²) in [4.78, 5) is 17.7. The van der Waals surface area contributed by atoms with Crippen molar-refractivity contribution in [1.82, 2.24) is 20.1 Å². The van der Waals surface area contributed by atoms with E-state index in [2.05, 4.69) is 15.2 Å². The molecule has 0 aliphatic rings. The second kappa shape index (κ2) is 6.74. The van der Waals surface area contributed by atoms with E-state index in [0.717, 1.165) is 0 Å². The summed E-state index contributed by atoms with van der Waals surface area (Å²) >= 11 is 12.1. The van der Waals surface area contributed by atoms with Crippen LogP contribution in [0.25, 0.3) is 6.08 Å². The van der Waals surface area contributed by atoms with Crippen LogP contribution in [0.1, 0.15) is 17.2 Å². The van der Waals surface area contributed by atoms with E-state index in [-0.39, 0.29) is 5.91 Å². The van der Waals surface area contributed by atoms with Gasteiger partial charge in [0.15, 0.2) is 5.82 Å². The van der Waals surface area contributed by atoms with Gasteiger partial charge in [-0.1, -0.05) is 29.3 Å². The van der Waals surface area contributed by atoms with Gasteiger partial charge in [0.2, 0.25) is 5.91 Å². The molecule has 21 heavy (non-hydrogen) atoms. The van der Waals surface area contributed by atoms with Crippen molar-refractivity contribution in [3.05, 3.63) is 51.5 Å². The lowest BCUT2D eigenvalue weighted by atomic mass is 10.2. The van der Waals surface area contributed by atoms with Gasteiger partial charge in [0.05, 0.1) is 6.54 Å². The maximum Gasteiger partial charge on any atom is 0.246 e. The van der Waals surface area contributed by atoms with Crippen LogP contribution in [0.3, 0.4) is 0 Å². The molecule has 0 aliphatic carbocycles. The number of rotatable bonds is 4. The number of halogens is 2. The van der Waals surface area contributed by atoms with Crippen molar-refractivity contribution in [2.75, 3.05) is 7.05 Å². The molecule has 0 spiro atoms. The molecule has 1 aromatic carbocycles. The van der Waals surface area contributed by atoms with E-state index < -0.39 is 0 Å². The molecule has 0 fully saturated rings. The smallest absolute Gasteiger partial charge is 0.246 e. The fourth-order valence-corrected chi connectivity index (χ4v) is 2.23. The van der Waals surface area contributed by atoms with Gasteiger partial charge in [-0.25, -0.2) is 4.98 Å². The van der Waals surface area contributed by atoms with Crippen molar-refractivity contribution in [2.45, 2.75) is 13.5 Å². The molecule has 1 heterocycles. The first-order valence-corrected chi connectivity index (χ1v) is 6.98. The van der Waals surface area contributed by atoms with E-state index in [1.165, 1.54) is 11.0 Å². The normalized spacial score (nSPS) is 11.0. The third-order valence-corrected chi connectivity index (χ3v) is 3.45. The van der Waals surface area contributed by atoms with Crippen LogP contribution < -0.4 is 0 Å². The monoisotopic (exact) mass is 324 g/mol. The Morgan fingerprint density at radius 1 is 1.38 bits per heavy atom. The average molecular weight is 325 g/mol. The number of carbonyl (C=O) groups excluding carboxylic acids is 1. The number of benzene rings is 1. The first-order valence-electron chi connectivity index (χ1n) is 6.22. The number of aryl methyl sites for hydroxylation is 1. The van der Waals surface area contributed by atoms with Crippen LogP contribution in [0.4, 0.5) is 0 Å². The summed E-state index contributed by atoms with van der Waals surface area (Å²) in [5, 5.41) is 7.72. The third kappa shape index (κ3) is 4.06. The summed E-state index contributed by atoms with van der Waals surface area (Å²) < 4.78 is 0. The van der Waals surface area contributed by atoms with Crippen LogP contribution in [0.5, 0.6) is 0 Å². The number of amides is 1. The molecule has 1 amide bonds. The number of likely N-dealkylation sites (N-methyl/N-ethyl adjacent to an activating group) is 1. The van der Waals surface area contributed by atoms with E-state index in [9.17, 15) is 4.79 Å². The maximum atomic E-state index is 12.0. The minimum Gasteiger partial charge on any atom is -0.335 e. The van der Waals surface area contributed by atoms with Gasteiger partial charge in [-0.05, 0) is 25.1 Å². The molecule has 2 rings (SSSR count). The SMILES string of the molecule is Cc1nc(CN(C)C(=O)C=Cc2c(Cl)cccc2Cl)n[nH]1. The van der Waals surface area contributed by atoms with E-state index >= 15 is 0 Å². The highest BCUT2D eigenvalue weighted by atomic mass is 35.5. The minimum absolute atomic E-state index is 0.187. The van der Waals surface area contributed by atoms with Gasteiger partial charge in [0.25, 0.3) is 0 Å². The topological polar surface area (TPSA) is 61.9 Å². The second-order valence-electron chi connectivity index (χ2n) is 4.50. The minimum atomic E-state index is -0.187. The zero-order valence-corrected chi connectivity index (χ0v) is 13.1. The van der Waals surface area contributed by atoms with Gasteiger partial charge in [-0.3, -0.25) is 9.89 Å². The molecular weight excluding hydrogens is 311 g/mol. The molecule has 1 N–H and O–H groups in total. The highest BCUT2D eigenvalue weighted by Gasteiger charge is 2.09. The van der Waals surface area contributed by atoms with Crippen LogP contribution in [-0.2, 0) is 11.3 Å². The van der Waals surface area contributed by atoms with E-state index in [4.69, 9.17) is 23.2 Å². The number of aromatic nitrogens is 3. The fourth-order valence-electron chi connectivity index (χ4n) is 1.70. The van der Waals surface area contributed by atoms with Gasteiger partial charge in [-0.2, -0.15) is 5.10 Å². The lowest BCUT2D eigenvalue weighted by Gasteiger charge is -2.12. The summed E-state index contributed by atoms with van der Waals surface area (Å²) in [5.74, 6) is 1.09.